The predicted molar refractivity (Wildman–Crippen MR) is 79.1 cm³/mol. The molecule has 2 aromatic rings. The number of rotatable bonds is 1. The van der Waals surface area contributed by atoms with Crippen molar-refractivity contribution in [2.75, 3.05) is 0 Å². The van der Waals surface area contributed by atoms with Gasteiger partial charge >= 0.3 is 0 Å². The van der Waals surface area contributed by atoms with E-state index in [1.807, 2.05) is 32.0 Å². The summed E-state index contributed by atoms with van der Waals surface area (Å²) in [4.78, 5) is 8.89. The highest BCUT2D eigenvalue weighted by atomic mass is 35.5. The Kier molecular flexibility index (Phi) is 2.79. The summed E-state index contributed by atoms with van der Waals surface area (Å²) in [5, 5.41) is 0.752. The van der Waals surface area contributed by atoms with E-state index in [1.54, 1.807) is 0 Å². The summed E-state index contributed by atoms with van der Waals surface area (Å²) in [6.45, 7) is 4.08. The molecule has 0 saturated heterocycles. The molecule has 1 aliphatic heterocycles. The van der Waals surface area contributed by atoms with E-state index in [0.29, 0.717) is 12.3 Å². The second-order valence-corrected chi connectivity index (χ2v) is 5.31. The molecule has 0 aliphatic carbocycles. The monoisotopic (exact) mass is 271 g/mol. The van der Waals surface area contributed by atoms with Crippen LogP contribution in [0.2, 0.25) is 5.02 Å². The number of amidine groups is 1. The van der Waals surface area contributed by atoms with Crippen LogP contribution in [0, 0.1) is 13.8 Å². The van der Waals surface area contributed by atoms with E-state index in [9.17, 15) is 0 Å². The summed E-state index contributed by atoms with van der Waals surface area (Å²) in [7, 11) is 0. The molecule has 1 aliphatic rings. The van der Waals surface area contributed by atoms with E-state index in [2.05, 4.69) is 16.0 Å². The average Bonchev–Trinajstić information content (AvgIpc) is 2.67. The highest BCUT2D eigenvalue weighted by molar-refractivity contribution is 6.30. The molecule has 1 aromatic carbocycles. The molecule has 4 heteroatoms. The Bertz CT molecular complexity index is 682. The van der Waals surface area contributed by atoms with Gasteiger partial charge in [-0.15, -0.1) is 0 Å². The highest BCUT2D eigenvalue weighted by Gasteiger charge is 2.16. The molecular weight excluding hydrogens is 258 g/mol. The summed E-state index contributed by atoms with van der Waals surface area (Å²) in [5.74, 6) is 1.37. The zero-order chi connectivity index (χ0) is 13.6. The second-order valence-electron chi connectivity index (χ2n) is 4.87. The van der Waals surface area contributed by atoms with Crippen LogP contribution in [0.4, 0.5) is 5.82 Å². The molecule has 19 heavy (non-hydrogen) atoms. The smallest absolute Gasteiger partial charge is 0.158 e. The molecular formula is C15H14ClN3. The average molecular weight is 272 g/mol. The minimum atomic E-state index is 0.629. The van der Waals surface area contributed by atoms with Gasteiger partial charge in [0.1, 0.15) is 5.84 Å². The van der Waals surface area contributed by atoms with Gasteiger partial charge in [-0.3, -0.25) is 0 Å². The SMILES string of the molecule is Cc1cc(Cl)cc(C)c1-c1ccc2c(n1)N=C(N)C2. The zero-order valence-corrected chi connectivity index (χ0v) is 11.6. The number of aromatic nitrogens is 1. The van der Waals surface area contributed by atoms with Crippen molar-refractivity contribution in [2.45, 2.75) is 20.3 Å². The molecule has 0 spiro atoms. The fourth-order valence-electron chi connectivity index (χ4n) is 2.54. The van der Waals surface area contributed by atoms with E-state index < -0.39 is 0 Å². The quantitative estimate of drug-likeness (QED) is 0.862. The number of aliphatic imine (C=N–C) groups is 1. The Hall–Kier alpha value is -1.87. The topological polar surface area (TPSA) is 51.3 Å². The number of fused-ring (bicyclic) bond motifs is 1. The molecule has 96 valence electrons. The third kappa shape index (κ3) is 2.10. The minimum Gasteiger partial charge on any atom is -0.387 e. The molecule has 3 nitrogen and oxygen atoms in total. The lowest BCUT2D eigenvalue weighted by Gasteiger charge is -2.10. The molecule has 0 amide bonds. The molecule has 2 heterocycles. The van der Waals surface area contributed by atoms with Crippen molar-refractivity contribution >= 4 is 23.3 Å². The lowest BCUT2D eigenvalue weighted by Crippen LogP contribution is -2.09. The number of benzene rings is 1. The maximum absolute atomic E-state index is 6.06. The maximum Gasteiger partial charge on any atom is 0.158 e. The largest absolute Gasteiger partial charge is 0.387 e. The Morgan fingerprint density at radius 2 is 1.84 bits per heavy atom. The number of hydrogen-bond acceptors (Lipinski definition) is 3. The van der Waals surface area contributed by atoms with Gasteiger partial charge in [-0.2, -0.15) is 0 Å². The van der Waals surface area contributed by atoms with Crippen LogP contribution in [0.1, 0.15) is 16.7 Å². The minimum absolute atomic E-state index is 0.629. The molecule has 0 unspecified atom stereocenters. The van der Waals surface area contributed by atoms with Crippen molar-refractivity contribution < 1.29 is 0 Å². The molecule has 1 aromatic heterocycles. The first kappa shape index (κ1) is 12.2. The maximum atomic E-state index is 6.06. The van der Waals surface area contributed by atoms with E-state index >= 15 is 0 Å². The van der Waals surface area contributed by atoms with Crippen LogP contribution in [0.15, 0.2) is 29.3 Å². The van der Waals surface area contributed by atoms with Gasteiger partial charge in [0.2, 0.25) is 0 Å². The summed E-state index contributed by atoms with van der Waals surface area (Å²) in [6.07, 6.45) is 0.696. The van der Waals surface area contributed by atoms with Crippen molar-refractivity contribution in [1.29, 1.82) is 0 Å². The van der Waals surface area contributed by atoms with Gasteiger partial charge in [-0.25, -0.2) is 9.98 Å². The van der Waals surface area contributed by atoms with Crippen molar-refractivity contribution in [2.24, 2.45) is 10.7 Å². The molecule has 0 fully saturated rings. The van der Waals surface area contributed by atoms with Gasteiger partial charge in [-0.05, 0) is 43.2 Å². The van der Waals surface area contributed by atoms with Gasteiger partial charge in [0.15, 0.2) is 5.82 Å². The summed E-state index contributed by atoms with van der Waals surface area (Å²) in [6, 6.07) is 7.98. The third-order valence-electron chi connectivity index (χ3n) is 3.33. The predicted octanol–water partition coefficient (Wildman–Crippen LogP) is 3.56. The molecule has 0 atom stereocenters. The normalized spacial score (nSPS) is 13.3. The fraction of sp³-hybridized carbons (Fsp3) is 0.200. The number of nitrogens with two attached hydrogens (primary N) is 1. The van der Waals surface area contributed by atoms with Crippen LogP contribution in [0.3, 0.4) is 0 Å². The van der Waals surface area contributed by atoms with E-state index in [0.717, 1.165) is 38.8 Å². The molecule has 2 N–H and O–H groups in total. The molecule has 0 saturated carbocycles. The van der Waals surface area contributed by atoms with E-state index in [-0.39, 0.29) is 0 Å². The van der Waals surface area contributed by atoms with Crippen LogP contribution in [0.25, 0.3) is 11.3 Å². The summed E-state index contributed by atoms with van der Waals surface area (Å²) in [5.41, 5.74) is 11.1. The highest BCUT2D eigenvalue weighted by Crippen LogP contribution is 2.32. The Balaban J connectivity index is 2.16. The van der Waals surface area contributed by atoms with E-state index in [1.165, 1.54) is 0 Å². The zero-order valence-electron chi connectivity index (χ0n) is 10.9. The van der Waals surface area contributed by atoms with Crippen molar-refractivity contribution in [1.82, 2.24) is 4.98 Å². The second kappa shape index (κ2) is 4.35. The summed E-state index contributed by atoms with van der Waals surface area (Å²) < 4.78 is 0. The number of hydrogen-bond donors (Lipinski definition) is 1. The first-order chi connectivity index (χ1) is 9.04. The number of nitrogens with zero attached hydrogens (tertiary/aromatic N) is 2. The van der Waals surface area contributed by atoms with Crippen LogP contribution in [-0.4, -0.2) is 10.8 Å². The van der Waals surface area contributed by atoms with Gasteiger partial charge in [0.05, 0.1) is 5.69 Å². The standard InChI is InChI=1S/C15H14ClN3/c1-8-5-11(16)6-9(2)14(8)12-4-3-10-7-13(17)19-15(10)18-12/h3-6H,7H2,1-2H3,(H2,17,18,19). The lowest BCUT2D eigenvalue weighted by molar-refractivity contribution is 1.23. The molecule has 0 bridgehead atoms. The van der Waals surface area contributed by atoms with Crippen LogP contribution < -0.4 is 5.73 Å². The Labute approximate surface area is 117 Å². The van der Waals surface area contributed by atoms with Gasteiger partial charge in [-0.1, -0.05) is 17.7 Å². The van der Waals surface area contributed by atoms with Crippen LogP contribution in [0.5, 0.6) is 0 Å². The first-order valence-electron chi connectivity index (χ1n) is 6.14. The number of pyridine rings is 1. The first-order valence-corrected chi connectivity index (χ1v) is 6.52. The molecule has 3 rings (SSSR count). The number of aryl methyl sites for hydroxylation is 2. The Morgan fingerprint density at radius 3 is 2.53 bits per heavy atom. The van der Waals surface area contributed by atoms with Crippen molar-refractivity contribution in [3.8, 4) is 11.3 Å². The van der Waals surface area contributed by atoms with Gasteiger partial charge < -0.3 is 5.73 Å². The van der Waals surface area contributed by atoms with Gasteiger partial charge in [0.25, 0.3) is 0 Å². The Morgan fingerprint density at radius 1 is 1.16 bits per heavy atom. The van der Waals surface area contributed by atoms with Crippen LogP contribution >= 0.6 is 11.6 Å². The van der Waals surface area contributed by atoms with E-state index in [4.69, 9.17) is 17.3 Å². The molecule has 0 radical (unpaired) electrons. The van der Waals surface area contributed by atoms with Crippen LogP contribution in [-0.2, 0) is 6.42 Å². The van der Waals surface area contributed by atoms with Crippen molar-refractivity contribution in [3.05, 3.63) is 46.0 Å². The number of halogens is 1. The van der Waals surface area contributed by atoms with Gasteiger partial charge in [0, 0.05) is 22.6 Å². The summed E-state index contributed by atoms with van der Waals surface area (Å²) >= 11 is 6.06. The lowest BCUT2D eigenvalue weighted by atomic mass is 9.99. The van der Waals surface area contributed by atoms with Crippen molar-refractivity contribution in [3.63, 3.8) is 0 Å². The fourth-order valence-corrected chi connectivity index (χ4v) is 2.86. The third-order valence-corrected chi connectivity index (χ3v) is 3.55.